The molecule has 2 N–H and O–H groups in total. The maximum Gasteiger partial charge on any atom is 0.161 e. The van der Waals surface area contributed by atoms with Gasteiger partial charge >= 0.3 is 0 Å². The minimum absolute atomic E-state index is 0.232. The highest BCUT2D eigenvalue weighted by Crippen LogP contribution is 2.35. The highest BCUT2D eigenvalue weighted by molar-refractivity contribution is 5.44. The molecule has 118 valence electrons. The molecule has 21 heavy (non-hydrogen) atoms. The molecule has 0 spiro atoms. The molecule has 0 amide bonds. The van der Waals surface area contributed by atoms with Crippen molar-refractivity contribution < 1.29 is 9.47 Å². The van der Waals surface area contributed by atoms with Crippen LogP contribution >= 0.6 is 0 Å². The SMILES string of the molecule is COc1ccc(C(CN)N2[C@H](C)CCC[C@@H]2C)cc1OC. The van der Waals surface area contributed by atoms with Gasteiger partial charge in [0.2, 0.25) is 0 Å². The standard InChI is InChI=1S/C17H28N2O2/c1-12-6-5-7-13(2)19(12)15(11-18)14-8-9-16(20-3)17(10-14)21-4/h8-10,12-13,15H,5-7,11,18H2,1-4H3/t12-,13+,15?. The van der Waals surface area contributed by atoms with Crippen molar-refractivity contribution in [2.45, 2.75) is 51.2 Å². The van der Waals surface area contributed by atoms with Crippen molar-refractivity contribution >= 4 is 0 Å². The smallest absolute Gasteiger partial charge is 0.161 e. The van der Waals surface area contributed by atoms with Gasteiger partial charge in [0.15, 0.2) is 11.5 Å². The van der Waals surface area contributed by atoms with Gasteiger partial charge in [0.1, 0.15) is 0 Å². The van der Waals surface area contributed by atoms with Gasteiger partial charge in [-0.2, -0.15) is 0 Å². The third-order valence-corrected chi connectivity index (χ3v) is 4.64. The Kier molecular flexibility index (Phi) is 5.48. The van der Waals surface area contributed by atoms with Crippen LogP contribution in [0.1, 0.15) is 44.7 Å². The summed E-state index contributed by atoms with van der Waals surface area (Å²) in [6.45, 7) is 5.22. The largest absolute Gasteiger partial charge is 0.493 e. The molecule has 0 bridgehead atoms. The Balaban J connectivity index is 2.32. The van der Waals surface area contributed by atoms with Crippen LogP contribution in [0.15, 0.2) is 18.2 Å². The molecule has 1 heterocycles. The van der Waals surface area contributed by atoms with E-state index in [0.717, 1.165) is 11.5 Å². The molecule has 4 heteroatoms. The molecule has 1 aromatic carbocycles. The van der Waals surface area contributed by atoms with E-state index in [2.05, 4.69) is 30.9 Å². The van der Waals surface area contributed by atoms with Crippen molar-refractivity contribution in [3.05, 3.63) is 23.8 Å². The molecule has 1 aromatic rings. The van der Waals surface area contributed by atoms with E-state index in [1.54, 1.807) is 14.2 Å². The summed E-state index contributed by atoms with van der Waals surface area (Å²) < 4.78 is 10.8. The van der Waals surface area contributed by atoms with Gasteiger partial charge in [0, 0.05) is 24.7 Å². The summed E-state index contributed by atoms with van der Waals surface area (Å²) in [5, 5.41) is 0. The molecule has 0 saturated carbocycles. The van der Waals surface area contributed by atoms with E-state index in [1.807, 2.05) is 6.07 Å². The topological polar surface area (TPSA) is 47.7 Å². The number of ether oxygens (including phenoxy) is 2. The lowest BCUT2D eigenvalue weighted by Crippen LogP contribution is -2.48. The van der Waals surface area contributed by atoms with Gasteiger partial charge in [-0.25, -0.2) is 0 Å². The van der Waals surface area contributed by atoms with Crippen LogP contribution in [0.2, 0.25) is 0 Å². The zero-order chi connectivity index (χ0) is 15.4. The fourth-order valence-electron chi connectivity index (χ4n) is 3.55. The Morgan fingerprint density at radius 2 is 1.76 bits per heavy atom. The summed E-state index contributed by atoms with van der Waals surface area (Å²) >= 11 is 0. The van der Waals surface area contributed by atoms with Gasteiger partial charge in [-0.15, -0.1) is 0 Å². The van der Waals surface area contributed by atoms with E-state index in [0.29, 0.717) is 18.6 Å². The number of nitrogens with two attached hydrogens (primary N) is 1. The molecule has 1 saturated heterocycles. The first-order chi connectivity index (χ1) is 10.1. The van der Waals surface area contributed by atoms with Crippen molar-refractivity contribution in [3.63, 3.8) is 0 Å². The van der Waals surface area contributed by atoms with Crippen molar-refractivity contribution in [1.29, 1.82) is 0 Å². The monoisotopic (exact) mass is 292 g/mol. The Bertz CT molecular complexity index is 454. The fourth-order valence-corrected chi connectivity index (χ4v) is 3.55. The average Bonchev–Trinajstić information content (AvgIpc) is 2.50. The minimum Gasteiger partial charge on any atom is -0.493 e. The van der Waals surface area contributed by atoms with E-state index in [9.17, 15) is 0 Å². The van der Waals surface area contributed by atoms with Crippen LogP contribution in [0.25, 0.3) is 0 Å². The maximum atomic E-state index is 6.11. The third kappa shape index (κ3) is 3.33. The quantitative estimate of drug-likeness (QED) is 0.906. The molecule has 0 aromatic heterocycles. The third-order valence-electron chi connectivity index (χ3n) is 4.64. The normalized spacial score (nSPS) is 24.6. The van der Waals surface area contributed by atoms with Gasteiger partial charge in [0.05, 0.1) is 14.2 Å². The number of methoxy groups -OCH3 is 2. The number of hydrogen-bond donors (Lipinski definition) is 1. The van der Waals surface area contributed by atoms with E-state index >= 15 is 0 Å². The van der Waals surface area contributed by atoms with E-state index < -0.39 is 0 Å². The van der Waals surface area contributed by atoms with E-state index in [4.69, 9.17) is 15.2 Å². The van der Waals surface area contributed by atoms with Crippen molar-refractivity contribution in [3.8, 4) is 11.5 Å². The molecule has 1 aliphatic heterocycles. The number of piperidine rings is 1. The molecule has 1 unspecified atom stereocenters. The molecular formula is C17H28N2O2. The second-order valence-corrected chi connectivity index (χ2v) is 5.94. The summed E-state index contributed by atoms with van der Waals surface area (Å²) in [5.41, 5.74) is 7.31. The lowest BCUT2D eigenvalue weighted by atomic mass is 9.92. The van der Waals surface area contributed by atoms with Crippen LogP contribution in [0, 0.1) is 0 Å². The van der Waals surface area contributed by atoms with Gasteiger partial charge in [-0.1, -0.05) is 12.5 Å². The Hall–Kier alpha value is -1.26. The van der Waals surface area contributed by atoms with Crippen LogP contribution in [-0.4, -0.2) is 37.7 Å². The Morgan fingerprint density at radius 1 is 1.14 bits per heavy atom. The first-order valence-electron chi connectivity index (χ1n) is 7.81. The highest BCUT2D eigenvalue weighted by atomic mass is 16.5. The number of likely N-dealkylation sites (tertiary alicyclic amines) is 1. The lowest BCUT2D eigenvalue weighted by molar-refractivity contribution is 0.0576. The molecule has 1 aliphatic rings. The fraction of sp³-hybridized carbons (Fsp3) is 0.647. The number of rotatable bonds is 5. The van der Waals surface area contributed by atoms with Gasteiger partial charge in [-0.05, 0) is 44.4 Å². The van der Waals surface area contributed by atoms with Crippen LogP contribution in [-0.2, 0) is 0 Å². The van der Waals surface area contributed by atoms with Crippen molar-refractivity contribution in [2.75, 3.05) is 20.8 Å². The molecule has 0 radical (unpaired) electrons. The number of nitrogens with zero attached hydrogens (tertiary/aromatic N) is 1. The summed E-state index contributed by atoms with van der Waals surface area (Å²) in [6, 6.07) is 7.49. The molecule has 0 aliphatic carbocycles. The van der Waals surface area contributed by atoms with Crippen molar-refractivity contribution in [1.82, 2.24) is 4.90 Å². The molecule has 3 atom stereocenters. The minimum atomic E-state index is 0.232. The van der Waals surface area contributed by atoms with Crippen LogP contribution in [0.5, 0.6) is 11.5 Å². The molecular weight excluding hydrogens is 264 g/mol. The first kappa shape index (κ1) is 16.1. The zero-order valence-corrected chi connectivity index (χ0v) is 13.6. The average molecular weight is 292 g/mol. The summed E-state index contributed by atoms with van der Waals surface area (Å²) in [6.07, 6.45) is 3.80. The zero-order valence-electron chi connectivity index (χ0n) is 13.6. The van der Waals surface area contributed by atoms with Crippen LogP contribution in [0.4, 0.5) is 0 Å². The maximum absolute atomic E-state index is 6.11. The van der Waals surface area contributed by atoms with E-state index in [1.165, 1.54) is 24.8 Å². The molecule has 4 nitrogen and oxygen atoms in total. The Labute approximate surface area is 128 Å². The van der Waals surface area contributed by atoms with Gasteiger partial charge < -0.3 is 15.2 Å². The summed E-state index contributed by atoms with van der Waals surface area (Å²) in [5.74, 6) is 1.53. The van der Waals surface area contributed by atoms with Gasteiger partial charge in [-0.3, -0.25) is 4.90 Å². The lowest BCUT2D eigenvalue weighted by Gasteiger charge is -2.44. The predicted molar refractivity (Wildman–Crippen MR) is 86.0 cm³/mol. The van der Waals surface area contributed by atoms with Crippen LogP contribution in [0.3, 0.4) is 0 Å². The predicted octanol–water partition coefficient (Wildman–Crippen LogP) is 2.97. The van der Waals surface area contributed by atoms with Crippen LogP contribution < -0.4 is 15.2 Å². The number of benzene rings is 1. The van der Waals surface area contributed by atoms with Crippen molar-refractivity contribution in [2.24, 2.45) is 5.73 Å². The van der Waals surface area contributed by atoms with Gasteiger partial charge in [0.25, 0.3) is 0 Å². The molecule has 2 rings (SSSR count). The Morgan fingerprint density at radius 3 is 2.29 bits per heavy atom. The van der Waals surface area contributed by atoms with E-state index in [-0.39, 0.29) is 6.04 Å². The molecule has 1 fully saturated rings. The second kappa shape index (κ2) is 7.14. The summed E-state index contributed by atoms with van der Waals surface area (Å²) in [4.78, 5) is 2.56. The number of hydrogen-bond acceptors (Lipinski definition) is 4. The highest BCUT2D eigenvalue weighted by Gasteiger charge is 2.31. The summed E-state index contributed by atoms with van der Waals surface area (Å²) in [7, 11) is 3.33. The first-order valence-corrected chi connectivity index (χ1v) is 7.81. The second-order valence-electron chi connectivity index (χ2n) is 5.94.